The van der Waals surface area contributed by atoms with Crippen molar-refractivity contribution in [3.05, 3.63) is 0 Å². The van der Waals surface area contributed by atoms with Crippen molar-refractivity contribution in [1.29, 1.82) is 0 Å². The highest BCUT2D eigenvalue weighted by molar-refractivity contribution is 6.71. The molecule has 4 unspecified atom stereocenters. The van der Waals surface area contributed by atoms with Gasteiger partial charge in [0, 0.05) is 24.2 Å². The quantitative estimate of drug-likeness (QED) is 0.476. The highest BCUT2D eigenvalue weighted by atomic mass is 28.4. The van der Waals surface area contributed by atoms with E-state index in [1.165, 1.54) is 25.7 Å². The van der Waals surface area contributed by atoms with E-state index in [9.17, 15) is 0 Å². The minimum Gasteiger partial charge on any atom is -0.439 e. The molecule has 4 atom stereocenters. The van der Waals surface area contributed by atoms with Gasteiger partial charge in [0.2, 0.25) is 0 Å². The van der Waals surface area contributed by atoms with Crippen LogP contribution in [0.25, 0.3) is 0 Å². The molecule has 0 saturated heterocycles. The first-order valence-corrected chi connectivity index (χ1v) is 14.2. The van der Waals surface area contributed by atoms with Crippen molar-refractivity contribution in [2.45, 2.75) is 118 Å². The van der Waals surface area contributed by atoms with Crippen LogP contribution in [0.5, 0.6) is 0 Å². The maximum atomic E-state index is 6.78. The van der Waals surface area contributed by atoms with Gasteiger partial charge >= 0.3 is 8.64 Å². The molecular formula is C18H44N2OSi2. The molecule has 0 radical (unpaired) electrons. The average Bonchev–Trinajstić information content (AvgIpc) is 2.54. The minimum absolute atomic E-state index is 0.456. The molecule has 0 aliphatic carbocycles. The third-order valence-electron chi connectivity index (χ3n) is 5.64. The Kier molecular flexibility index (Phi) is 11.2. The summed E-state index contributed by atoms with van der Waals surface area (Å²) < 4.78 is 12.4. The third-order valence-corrected chi connectivity index (χ3v) is 12.7. The summed E-state index contributed by atoms with van der Waals surface area (Å²) in [4.78, 5) is 0. The second-order valence-electron chi connectivity index (χ2n) is 7.21. The minimum atomic E-state index is -2.12. The van der Waals surface area contributed by atoms with Gasteiger partial charge in [-0.3, -0.25) is 9.13 Å². The average molecular weight is 361 g/mol. The summed E-state index contributed by atoms with van der Waals surface area (Å²) in [6.45, 7) is 23.6. The van der Waals surface area contributed by atoms with E-state index in [0.717, 1.165) is 0 Å². The zero-order valence-electron chi connectivity index (χ0n) is 17.6. The van der Waals surface area contributed by atoms with Crippen molar-refractivity contribution in [2.75, 3.05) is 0 Å². The lowest BCUT2D eigenvalue weighted by atomic mass is 10.2. The van der Waals surface area contributed by atoms with Gasteiger partial charge in [-0.25, -0.2) is 0 Å². The third kappa shape index (κ3) is 5.67. The topological polar surface area (TPSA) is 15.7 Å². The van der Waals surface area contributed by atoms with Crippen LogP contribution in [0.1, 0.15) is 81.1 Å². The van der Waals surface area contributed by atoms with E-state index in [0.29, 0.717) is 24.2 Å². The summed E-state index contributed by atoms with van der Waals surface area (Å²) in [5.41, 5.74) is 0. The first kappa shape index (κ1) is 23.3. The largest absolute Gasteiger partial charge is 0.439 e. The second kappa shape index (κ2) is 11.0. The predicted octanol–water partition coefficient (Wildman–Crippen LogP) is 4.50. The molecule has 140 valence electrons. The molecule has 0 heterocycles. The van der Waals surface area contributed by atoms with Gasteiger partial charge in [0.1, 0.15) is 9.76 Å². The Bertz CT molecular complexity index is 273. The van der Waals surface area contributed by atoms with Gasteiger partial charge in [0.05, 0.1) is 0 Å². The Morgan fingerprint density at radius 2 is 1.00 bits per heavy atom. The van der Waals surface area contributed by atoms with E-state index in [1.54, 1.807) is 0 Å². The molecule has 23 heavy (non-hydrogen) atoms. The maximum absolute atomic E-state index is 6.78. The molecule has 0 aromatic carbocycles. The fourth-order valence-electron chi connectivity index (χ4n) is 3.85. The van der Waals surface area contributed by atoms with E-state index < -0.39 is 18.4 Å². The number of hydrogen-bond acceptors (Lipinski definition) is 3. The monoisotopic (exact) mass is 360 g/mol. The van der Waals surface area contributed by atoms with E-state index in [-0.39, 0.29) is 0 Å². The Hall–Kier alpha value is 0.314. The van der Waals surface area contributed by atoms with Crippen molar-refractivity contribution >= 4 is 18.4 Å². The Balaban J connectivity index is 6.03. The highest BCUT2D eigenvalue weighted by Gasteiger charge is 2.49. The lowest BCUT2D eigenvalue weighted by molar-refractivity contribution is 0.132. The fourth-order valence-corrected chi connectivity index (χ4v) is 11.5. The Morgan fingerprint density at radius 3 is 1.17 bits per heavy atom. The van der Waals surface area contributed by atoms with Crippen molar-refractivity contribution in [3.8, 4) is 0 Å². The van der Waals surface area contributed by atoms with Crippen LogP contribution in [-0.2, 0) is 4.12 Å². The van der Waals surface area contributed by atoms with Crippen LogP contribution in [0.3, 0.4) is 0 Å². The number of rotatable bonds is 12. The molecule has 0 N–H and O–H groups in total. The molecule has 0 aromatic rings. The lowest BCUT2D eigenvalue weighted by Gasteiger charge is -2.54. The summed E-state index contributed by atoms with van der Waals surface area (Å²) in [6.07, 6.45) is 4.76. The van der Waals surface area contributed by atoms with E-state index >= 15 is 0 Å². The number of nitrogens with zero attached hydrogens (tertiary/aromatic N) is 2. The molecule has 0 bridgehead atoms. The van der Waals surface area contributed by atoms with Gasteiger partial charge in [-0.15, -0.1) is 0 Å². The van der Waals surface area contributed by atoms with Crippen LogP contribution < -0.4 is 0 Å². The van der Waals surface area contributed by atoms with Crippen molar-refractivity contribution < 1.29 is 4.12 Å². The lowest BCUT2D eigenvalue weighted by Crippen LogP contribution is -2.73. The summed E-state index contributed by atoms with van der Waals surface area (Å²) in [7, 11) is -2.57. The summed E-state index contributed by atoms with van der Waals surface area (Å²) in [5.74, 6) is 0. The molecule has 0 fully saturated rings. The SMILES string of the molecule is CCC(C)N(C(C)CC)[Si](C)(O[SiH2]C)N(C(C)CC)C(C)CC. The Morgan fingerprint density at radius 1 is 0.739 bits per heavy atom. The molecule has 0 aliphatic rings. The molecule has 3 nitrogen and oxygen atoms in total. The van der Waals surface area contributed by atoms with Crippen LogP contribution in [-0.4, -0.2) is 51.7 Å². The molecule has 5 heteroatoms. The first-order chi connectivity index (χ1) is 10.7. The van der Waals surface area contributed by atoms with E-state index in [4.69, 9.17) is 4.12 Å². The van der Waals surface area contributed by atoms with Crippen LogP contribution in [0, 0.1) is 0 Å². The van der Waals surface area contributed by atoms with E-state index in [1.807, 2.05) is 0 Å². The van der Waals surface area contributed by atoms with Crippen molar-refractivity contribution in [1.82, 2.24) is 9.13 Å². The van der Waals surface area contributed by atoms with Gasteiger partial charge in [-0.05, 0) is 32.2 Å². The zero-order chi connectivity index (χ0) is 18.2. The van der Waals surface area contributed by atoms with Crippen LogP contribution in [0.15, 0.2) is 0 Å². The highest BCUT2D eigenvalue weighted by Crippen LogP contribution is 2.30. The standard InChI is InChI=1S/C18H44N2OSi2/c1-11-15(5)19(16(6)12-2)23(10,21-22-9)20(17(7)13-3)18(8)14-4/h15-18H,11-14,22H2,1-10H3. The van der Waals surface area contributed by atoms with Gasteiger partial charge in [-0.1, -0.05) is 61.9 Å². The maximum Gasteiger partial charge on any atom is 0.344 e. The summed E-state index contributed by atoms with van der Waals surface area (Å²) in [6, 6.07) is 2.33. The van der Waals surface area contributed by atoms with Gasteiger partial charge < -0.3 is 4.12 Å². The molecule has 0 amide bonds. The Labute approximate surface area is 150 Å². The molecule has 0 aliphatic heterocycles. The summed E-state index contributed by atoms with van der Waals surface area (Å²) >= 11 is 0. The smallest absolute Gasteiger partial charge is 0.344 e. The normalized spacial score (nSPS) is 20.9. The summed E-state index contributed by atoms with van der Waals surface area (Å²) in [5, 5.41) is 0. The second-order valence-corrected chi connectivity index (χ2v) is 11.8. The van der Waals surface area contributed by atoms with Gasteiger partial charge in [0.25, 0.3) is 0 Å². The van der Waals surface area contributed by atoms with Crippen LogP contribution >= 0.6 is 0 Å². The first-order valence-electron chi connectivity index (χ1n) is 9.95. The van der Waals surface area contributed by atoms with Gasteiger partial charge in [0.15, 0.2) is 0 Å². The molecule has 0 rings (SSSR count). The van der Waals surface area contributed by atoms with Crippen LogP contribution in [0.2, 0.25) is 13.1 Å². The van der Waals surface area contributed by atoms with Gasteiger partial charge in [-0.2, -0.15) is 0 Å². The van der Waals surface area contributed by atoms with Crippen LogP contribution in [0.4, 0.5) is 0 Å². The number of hydrogen-bond donors (Lipinski definition) is 0. The van der Waals surface area contributed by atoms with Crippen molar-refractivity contribution in [3.63, 3.8) is 0 Å². The molecule has 0 saturated carbocycles. The molecule has 0 aromatic heterocycles. The molecular weight excluding hydrogens is 316 g/mol. The molecule has 0 spiro atoms. The van der Waals surface area contributed by atoms with E-state index in [2.05, 4.69) is 77.6 Å². The fraction of sp³-hybridized carbons (Fsp3) is 1.00. The predicted molar refractivity (Wildman–Crippen MR) is 110 cm³/mol. The van der Waals surface area contributed by atoms with Crippen molar-refractivity contribution in [2.24, 2.45) is 0 Å². The zero-order valence-corrected chi connectivity index (χ0v) is 20.1.